The van der Waals surface area contributed by atoms with Gasteiger partial charge in [0, 0.05) is 17.9 Å². The van der Waals surface area contributed by atoms with Gasteiger partial charge in [0.05, 0.1) is 12.5 Å². The molecule has 1 unspecified atom stereocenters. The number of rotatable bonds is 6. The Bertz CT molecular complexity index is 759. The number of hydrogen-bond donors (Lipinski definition) is 2. The number of amides is 2. The Morgan fingerprint density at radius 3 is 2.41 bits per heavy atom. The monoisotopic (exact) mass is 365 g/mol. The van der Waals surface area contributed by atoms with Crippen molar-refractivity contribution in [2.24, 2.45) is 5.92 Å². The van der Waals surface area contributed by atoms with Gasteiger partial charge in [-0.15, -0.1) is 0 Å². The highest BCUT2D eigenvalue weighted by Crippen LogP contribution is 2.19. The van der Waals surface area contributed by atoms with E-state index in [1.807, 2.05) is 54.6 Å². The number of hydrogen-bond acceptors (Lipinski definition) is 3. The number of nitrogens with one attached hydrogen (secondary N) is 2. The zero-order valence-electron chi connectivity index (χ0n) is 15.8. The summed E-state index contributed by atoms with van der Waals surface area (Å²) in [5.74, 6) is -0.0968. The van der Waals surface area contributed by atoms with Crippen LogP contribution < -0.4 is 10.6 Å². The molecule has 1 atom stereocenters. The van der Waals surface area contributed by atoms with E-state index in [0.29, 0.717) is 13.1 Å². The molecule has 27 heavy (non-hydrogen) atoms. The SMILES string of the molecule is CCc1ccc(NC(=O)CN2CCCC(C(=O)Nc3ccccc3)C2)cc1. The molecule has 1 fully saturated rings. The Hall–Kier alpha value is -2.66. The van der Waals surface area contributed by atoms with Crippen molar-refractivity contribution in [2.75, 3.05) is 30.3 Å². The Labute approximate surface area is 160 Å². The van der Waals surface area contributed by atoms with Gasteiger partial charge in [-0.25, -0.2) is 0 Å². The maximum Gasteiger partial charge on any atom is 0.238 e. The summed E-state index contributed by atoms with van der Waals surface area (Å²) >= 11 is 0. The van der Waals surface area contributed by atoms with Crippen LogP contribution in [0.3, 0.4) is 0 Å². The zero-order valence-corrected chi connectivity index (χ0v) is 15.8. The molecule has 0 radical (unpaired) electrons. The summed E-state index contributed by atoms with van der Waals surface area (Å²) in [5.41, 5.74) is 2.87. The molecule has 142 valence electrons. The Kier molecular flexibility index (Phi) is 6.60. The van der Waals surface area contributed by atoms with Crippen LogP contribution in [0.5, 0.6) is 0 Å². The minimum Gasteiger partial charge on any atom is -0.326 e. The van der Waals surface area contributed by atoms with E-state index in [2.05, 4.69) is 22.5 Å². The third kappa shape index (κ3) is 5.66. The van der Waals surface area contributed by atoms with Crippen LogP contribution >= 0.6 is 0 Å². The normalized spacial score (nSPS) is 17.3. The van der Waals surface area contributed by atoms with Gasteiger partial charge in [0.1, 0.15) is 0 Å². The molecule has 0 bridgehead atoms. The van der Waals surface area contributed by atoms with E-state index in [-0.39, 0.29) is 17.7 Å². The number of likely N-dealkylation sites (tertiary alicyclic amines) is 1. The number of piperidine rings is 1. The van der Waals surface area contributed by atoms with Crippen LogP contribution in [0, 0.1) is 5.92 Å². The van der Waals surface area contributed by atoms with Crippen LogP contribution in [0.1, 0.15) is 25.3 Å². The van der Waals surface area contributed by atoms with E-state index in [9.17, 15) is 9.59 Å². The number of nitrogens with zero attached hydrogens (tertiary/aromatic N) is 1. The van der Waals surface area contributed by atoms with Crippen LogP contribution in [0.4, 0.5) is 11.4 Å². The molecule has 1 aliphatic heterocycles. The second-order valence-corrected chi connectivity index (χ2v) is 7.03. The van der Waals surface area contributed by atoms with Gasteiger partial charge in [-0.05, 0) is 55.6 Å². The van der Waals surface area contributed by atoms with Crippen molar-refractivity contribution in [3.63, 3.8) is 0 Å². The zero-order chi connectivity index (χ0) is 19.1. The molecule has 5 nitrogen and oxygen atoms in total. The number of carbonyl (C=O) groups excluding carboxylic acids is 2. The number of aryl methyl sites for hydroxylation is 1. The molecule has 3 rings (SSSR count). The van der Waals surface area contributed by atoms with Crippen molar-refractivity contribution >= 4 is 23.2 Å². The highest BCUT2D eigenvalue weighted by Gasteiger charge is 2.26. The van der Waals surface area contributed by atoms with E-state index in [0.717, 1.165) is 37.2 Å². The third-order valence-corrected chi connectivity index (χ3v) is 4.93. The Balaban J connectivity index is 1.49. The van der Waals surface area contributed by atoms with Crippen LogP contribution in [0.25, 0.3) is 0 Å². The topological polar surface area (TPSA) is 61.4 Å². The maximum atomic E-state index is 12.5. The third-order valence-electron chi connectivity index (χ3n) is 4.93. The van der Waals surface area contributed by atoms with Gasteiger partial charge in [0.15, 0.2) is 0 Å². The lowest BCUT2D eigenvalue weighted by Crippen LogP contribution is -2.43. The van der Waals surface area contributed by atoms with Crippen LogP contribution in [0.15, 0.2) is 54.6 Å². The second kappa shape index (κ2) is 9.33. The van der Waals surface area contributed by atoms with Crippen molar-refractivity contribution in [3.8, 4) is 0 Å². The van der Waals surface area contributed by atoms with Gasteiger partial charge < -0.3 is 10.6 Å². The first-order valence-electron chi connectivity index (χ1n) is 9.61. The summed E-state index contributed by atoms with van der Waals surface area (Å²) in [6, 6.07) is 17.4. The van der Waals surface area contributed by atoms with E-state index in [1.165, 1.54) is 5.56 Å². The van der Waals surface area contributed by atoms with E-state index < -0.39 is 0 Å². The van der Waals surface area contributed by atoms with Crippen molar-refractivity contribution in [1.29, 1.82) is 0 Å². The highest BCUT2D eigenvalue weighted by molar-refractivity contribution is 5.93. The molecule has 2 aromatic carbocycles. The molecule has 2 amide bonds. The Morgan fingerprint density at radius 2 is 1.70 bits per heavy atom. The van der Waals surface area contributed by atoms with Gasteiger partial charge >= 0.3 is 0 Å². The number of para-hydroxylation sites is 1. The Morgan fingerprint density at radius 1 is 1.00 bits per heavy atom. The molecule has 1 aliphatic rings. The maximum absolute atomic E-state index is 12.5. The van der Waals surface area contributed by atoms with E-state index in [4.69, 9.17) is 0 Å². The quantitative estimate of drug-likeness (QED) is 0.823. The van der Waals surface area contributed by atoms with Gasteiger partial charge in [-0.2, -0.15) is 0 Å². The average Bonchev–Trinajstić information content (AvgIpc) is 2.69. The second-order valence-electron chi connectivity index (χ2n) is 7.03. The minimum absolute atomic E-state index is 0.0291. The number of anilines is 2. The van der Waals surface area contributed by atoms with Crippen LogP contribution in [0.2, 0.25) is 0 Å². The van der Waals surface area contributed by atoms with Gasteiger partial charge in [0.2, 0.25) is 11.8 Å². The first kappa shape index (κ1) is 19.1. The van der Waals surface area contributed by atoms with E-state index in [1.54, 1.807) is 0 Å². The predicted octanol–water partition coefficient (Wildman–Crippen LogP) is 3.54. The summed E-state index contributed by atoms with van der Waals surface area (Å²) in [6.07, 6.45) is 2.76. The van der Waals surface area contributed by atoms with Crippen LogP contribution in [-0.4, -0.2) is 36.3 Å². The standard InChI is InChI=1S/C22H27N3O2/c1-2-17-10-12-20(13-11-17)23-21(26)16-25-14-6-7-18(15-25)22(27)24-19-8-4-3-5-9-19/h3-5,8-13,18H,2,6-7,14-16H2,1H3,(H,23,26)(H,24,27). The van der Waals surface area contributed by atoms with Gasteiger partial charge in [-0.3, -0.25) is 14.5 Å². The summed E-state index contributed by atoms with van der Waals surface area (Å²) in [5, 5.41) is 5.91. The van der Waals surface area contributed by atoms with Gasteiger partial charge in [0.25, 0.3) is 0 Å². The average molecular weight is 365 g/mol. The molecule has 1 saturated heterocycles. The molecule has 0 aromatic heterocycles. The fraction of sp³-hybridized carbons (Fsp3) is 0.364. The van der Waals surface area contributed by atoms with Gasteiger partial charge in [-0.1, -0.05) is 37.3 Å². The van der Waals surface area contributed by atoms with E-state index >= 15 is 0 Å². The van der Waals surface area contributed by atoms with Crippen LogP contribution in [-0.2, 0) is 16.0 Å². The minimum atomic E-state index is -0.0874. The predicted molar refractivity (Wildman–Crippen MR) is 109 cm³/mol. The fourth-order valence-corrected chi connectivity index (χ4v) is 3.41. The van der Waals surface area contributed by atoms with Crippen molar-refractivity contribution in [3.05, 3.63) is 60.2 Å². The highest BCUT2D eigenvalue weighted by atomic mass is 16.2. The number of carbonyl (C=O) groups is 2. The van der Waals surface area contributed by atoms with Crippen molar-refractivity contribution in [2.45, 2.75) is 26.2 Å². The molecule has 2 aromatic rings. The summed E-state index contributed by atoms with van der Waals surface area (Å²) in [4.78, 5) is 26.9. The molecule has 5 heteroatoms. The molecule has 0 saturated carbocycles. The molecule has 0 spiro atoms. The summed E-state index contributed by atoms with van der Waals surface area (Å²) in [7, 11) is 0. The number of benzene rings is 2. The first-order valence-corrected chi connectivity index (χ1v) is 9.61. The molecular weight excluding hydrogens is 338 g/mol. The first-order chi connectivity index (χ1) is 13.1. The lowest BCUT2D eigenvalue weighted by Gasteiger charge is -2.31. The molecule has 2 N–H and O–H groups in total. The molecule has 0 aliphatic carbocycles. The molecular formula is C22H27N3O2. The lowest BCUT2D eigenvalue weighted by atomic mass is 9.97. The smallest absolute Gasteiger partial charge is 0.238 e. The fourth-order valence-electron chi connectivity index (χ4n) is 3.41. The van der Waals surface area contributed by atoms with Crippen molar-refractivity contribution in [1.82, 2.24) is 4.90 Å². The van der Waals surface area contributed by atoms with Crippen molar-refractivity contribution < 1.29 is 9.59 Å². The lowest BCUT2D eigenvalue weighted by molar-refractivity contribution is -0.123. The largest absolute Gasteiger partial charge is 0.326 e. The summed E-state index contributed by atoms with van der Waals surface area (Å²) < 4.78 is 0. The summed E-state index contributed by atoms with van der Waals surface area (Å²) in [6.45, 7) is 3.87. The molecule has 1 heterocycles.